The molecular weight excluding hydrogens is 290 g/mol. The zero-order valence-corrected chi connectivity index (χ0v) is 14.6. The Morgan fingerprint density at radius 2 is 2.00 bits per heavy atom. The molecule has 6 nitrogen and oxygen atoms in total. The first-order chi connectivity index (χ1) is 9.89. The van der Waals surface area contributed by atoms with E-state index in [0.717, 1.165) is 26.0 Å². The van der Waals surface area contributed by atoms with Gasteiger partial charge in [0.05, 0.1) is 18.9 Å². The van der Waals surface area contributed by atoms with E-state index in [0.29, 0.717) is 25.5 Å². The molecule has 0 saturated carbocycles. The van der Waals surface area contributed by atoms with Crippen LogP contribution < -0.4 is 10.6 Å². The fraction of sp³-hybridized carbons (Fsp3) is 0.929. The van der Waals surface area contributed by atoms with Crippen LogP contribution in [0.4, 0.5) is 0 Å². The molecule has 0 spiro atoms. The molecule has 0 aliphatic heterocycles. The van der Waals surface area contributed by atoms with Gasteiger partial charge in [0.15, 0.2) is 5.96 Å². The number of rotatable bonds is 11. The number of guanidine groups is 1. The van der Waals surface area contributed by atoms with Crippen LogP contribution in [0.1, 0.15) is 40.0 Å². The number of ether oxygens (including phenoxy) is 1. The van der Waals surface area contributed by atoms with Gasteiger partial charge in [0.2, 0.25) is 0 Å². The van der Waals surface area contributed by atoms with Gasteiger partial charge in [-0.2, -0.15) is 0 Å². The summed E-state index contributed by atoms with van der Waals surface area (Å²) in [5.74, 6) is 0.887. The third-order valence-electron chi connectivity index (χ3n) is 2.80. The van der Waals surface area contributed by atoms with Crippen molar-refractivity contribution in [3.63, 3.8) is 0 Å². The Morgan fingerprint density at radius 3 is 2.57 bits per heavy atom. The summed E-state index contributed by atoms with van der Waals surface area (Å²) in [6, 6.07) is 0.0542. The van der Waals surface area contributed by atoms with Crippen LogP contribution in [0, 0.1) is 0 Å². The molecular formula is C14H31N3O3S. The number of hydrogen-bond acceptors (Lipinski definition) is 4. The maximum atomic E-state index is 11.2. The summed E-state index contributed by atoms with van der Waals surface area (Å²) >= 11 is 0. The summed E-state index contributed by atoms with van der Waals surface area (Å²) in [4.78, 5) is 4.42. The number of nitrogens with zero attached hydrogens (tertiary/aromatic N) is 1. The van der Waals surface area contributed by atoms with Crippen molar-refractivity contribution >= 4 is 15.8 Å². The molecule has 21 heavy (non-hydrogen) atoms. The predicted molar refractivity (Wildman–Crippen MR) is 88.6 cm³/mol. The van der Waals surface area contributed by atoms with Crippen molar-refractivity contribution in [3.05, 3.63) is 0 Å². The van der Waals surface area contributed by atoms with Crippen LogP contribution >= 0.6 is 0 Å². The molecule has 7 heteroatoms. The van der Waals surface area contributed by atoms with Crippen molar-refractivity contribution in [1.29, 1.82) is 0 Å². The summed E-state index contributed by atoms with van der Waals surface area (Å²) in [6.45, 7) is 8.83. The summed E-state index contributed by atoms with van der Waals surface area (Å²) in [5, 5.41) is 6.36. The summed E-state index contributed by atoms with van der Waals surface area (Å²) in [6.07, 6.45) is 4.03. The van der Waals surface area contributed by atoms with Gasteiger partial charge in [-0.25, -0.2) is 8.42 Å². The van der Waals surface area contributed by atoms with Gasteiger partial charge >= 0.3 is 0 Å². The van der Waals surface area contributed by atoms with Crippen LogP contribution in [0.25, 0.3) is 0 Å². The zero-order chi connectivity index (χ0) is 16.1. The molecule has 0 saturated heterocycles. The maximum Gasteiger partial charge on any atom is 0.191 e. The molecule has 126 valence electrons. The number of aliphatic imine (C=N–C) groups is 1. The van der Waals surface area contributed by atoms with Crippen molar-refractivity contribution < 1.29 is 13.2 Å². The number of unbranched alkanes of at least 4 members (excludes halogenated alkanes) is 1. The van der Waals surface area contributed by atoms with Gasteiger partial charge in [0.25, 0.3) is 0 Å². The van der Waals surface area contributed by atoms with Crippen molar-refractivity contribution in [2.24, 2.45) is 4.99 Å². The molecule has 0 aromatic heterocycles. The SMILES string of the molecule is CCCCOCCN=C(NCC)NC(C)CCS(C)(=O)=O. The van der Waals surface area contributed by atoms with E-state index in [-0.39, 0.29) is 11.8 Å². The van der Waals surface area contributed by atoms with Crippen molar-refractivity contribution in [1.82, 2.24) is 10.6 Å². The average Bonchev–Trinajstić information content (AvgIpc) is 2.40. The maximum absolute atomic E-state index is 11.2. The quantitative estimate of drug-likeness (QED) is 0.339. The van der Waals surface area contributed by atoms with E-state index >= 15 is 0 Å². The lowest BCUT2D eigenvalue weighted by Gasteiger charge is -2.17. The smallest absolute Gasteiger partial charge is 0.191 e. The third kappa shape index (κ3) is 13.9. The summed E-state index contributed by atoms with van der Waals surface area (Å²) < 4.78 is 27.8. The Bertz CT molecular complexity index is 383. The highest BCUT2D eigenvalue weighted by Crippen LogP contribution is 1.95. The molecule has 0 amide bonds. The lowest BCUT2D eigenvalue weighted by atomic mass is 10.3. The zero-order valence-electron chi connectivity index (χ0n) is 13.8. The molecule has 0 fully saturated rings. The highest BCUT2D eigenvalue weighted by molar-refractivity contribution is 7.90. The molecule has 0 heterocycles. The lowest BCUT2D eigenvalue weighted by molar-refractivity contribution is 0.139. The topological polar surface area (TPSA) is 79.8 Å². The van der Waals surface area contributed by atoms with Crippen molar-refractivity contribution in [2.45, 2.75) is 46.1 Å². The standard InChI is InChI=1S/C14H31N3O3S/c1-5-7-10-20-11-9-16-14(15-6-2)17-13(3)8-12-21(4,18)19/h13H,5-12H2,1-4H3,(H2,15,16,17). The molecule has 1 atom stereocenters. The molecule has 0 aromatic rings. The second-order valence-corrected chi connectivity index (χ2v) is 7.45. The molecule has 0 radical (unpaired) electrons. The molecule has 1 unspecified atom stereocenters. The second kappa shape index (κ2) is 11.8. The average molecular weight is 321 g/mol. The van der Waals surface area contributed by atoms with E-state index < -0.39 is 9.84 Å². The second-order valence-electron chi connectivity index (χ2n) is 5.19. The first-order valence-electron chi connectivity index (χ1n) is 7.69. The highest BCUT2D eigenvalue weighted by Gasteiger charge is 2.09. The molecule has 0 aliphatic rings. The van der Waals surface area contributed by atoms with Gasteiger partial charge in [0, 0.05) is 25.4 Å². The van der Waals surface area contributed by atoms with Gasteiger partial charge in [-0.05, 0) is 26.7 Å². The Labute approximate surface area is 129 Å². The minimum atomic E-state index is -2.92. The van der Waals surface area contributed by atoms with Gasteiger partial charge in [-0.1, -0.05) is 13.3 Å². The van der Waals surface area contributed by atoms with E-state index in [1.54, 1.807) is 0 Å². The molecule has 0 bridgehead atoms. The number of sulfone groups is 1. The van der Waals surface area contributed by atoms with Crippen LogP contribution in [-0.2, 0) is 14.6 Å². The van der Waals surface area contributed by atoms with Crippen LogP contribution in [-0.4, -0.2) is 58.7 Å². The summed E-state index contributed by atoms with van der Waals surface area (Å²) in [5.41, 5.74) is 0. The first kappa shape index (κ1) is 20.2. The number of hydrogen-bond donors (Lipinski definition) is 2. The molecule has 0 rings (SSSR count). The fourth-order valence-corrected chi connectivity index (χ4v) is 2.37. The van der Waals surface area contributed by atoms with E-state index in [1.165, 1.54) is 6.26 Å². The van der Waals surface area contributed by atoms with E-state index in [1.807, 2.05) is 13.8 Å². The highest BCUT2D eigenvalue weighted by atomic mass is 32.2. The summed E-state index contributed by atoms with van der Waals surface area (Å²) in [7, 11) is -2.92. The van der Waals surface area contributed by atoms with Crippen LogP contribution in [0.5, 0.6) is 0 Å². The van der Waals surface area contributed by atoms with Gasteiger partial charge in [-0.15, -0.1) is 0 Å². The van der Waals surface area contributed by atoms with Crippen LogP contribution in [0.3, 0.4) is 0 Å². The van der Waals surface area contributed by atoms with Gasteiger partial charge < -0.3 is 15.4 Å². The van der Waals surface area contributed by atoms with Gasteiger partial charge in [-0.3, -0.25) is 4.99 Å². The Morgan fingerprint density at radius 1 is 1.29 bits per heavy atom. The van der Waals surface area contributed by atoms with Crippen LogP contribution in [0.15, 0.2) is 4.99 Å². The third-order valence-corrected chi connectivity index (χ3v) is 3.77. The molecule has 0 aliphatic carbocycles. The fourth-order valence-electron chi connectivity index (χ4n) is 1.59. The van der Waals surface area contributed by atoms with E-state index in [9.17, 15) is 8.42 Å². The molecule has 2 N–H and O–H groups in total. The minimum absolute atomic E-state index is 0.0542. The van der Waals surface area contributed by atoms with E-state index in [4.69, 9.17) is 4.74 Å². The predicted octanol–water partition coefficient (Wildman–Crippen LogP) is 1.18. The monoisotopic (exact) mass is 321 g/mol. The minimum Gasteiger partial charge on any atom is -0.380 e. The first-order valence-corrected chi connectivity index (χ1v) is 9.75. The number of nitrogens with one attached hydrogen (secondary N) is 2. The largest absolute Gasteiger partial charge is 0.380 e. The Kier molecular flexibility index (Phi) is 11.3. The Hall–Kier alpha value is -0.820. The van der Waals surface area contributed by atoms with Crippen molar-refractivity contribution in [3.8, 4) is 0 Å². The van der Waals surface area contributed by atoms with Crippen LogP contribution in [0.2, 0.25) is 0 Å². The van der Waals surface area contributed by atoms with Gasteiger partial charge in [0.1, 0.15) is 9.84 Å². The van der Waals surface area contributed by atoms with E-state index in [2.05, 4.69) is 22.5 Å². The molecule has 0 aromatic carbocycles. The van der Waals surface area contributed by atoms with Crippen molar-refractivity contribution in [2.75, 3.05) is 38.3 Å². The normalized spacial score (nSPS) is 14.0. The lowest BCUT2D eigenvalue weighted by Crippen LogP contribution is -2.43. The Balaban J connectivity index is 4.09.